The Morgan fingerprint density at radius 2 is 1.74 bits per heavy atom. The first kappa shape index (κ1) is 23.3. The van der Waals surface area contributed by atoms with Crippen LogP contribution in [0.1, 0.15) is 22.8 Å². The maximum absolute atomic E-state index is 13.5. The molecular formula is C21H15BrN4O5S3. The quantitative estimate of drug-likeness (QED) is 0.321. The Kier molecular flexibility index (Phi) is 5.50. The number of benzene rings is 2. The number of amides is 2. The van der Waals surface area contributed by atoms with Gasteiger partial charge in [-0.15, -0.1) is 11.8 Å². The number of Topliss-reactive ketones (excluding diaryl/α,β-unsaturated/α-hetero) is 1. The first-order chi connectivity index (χ1) is 16.1. The predicted molar refractivity (Wildman–Crippen MR) is 136 cm³/mol. The summed E-state index contributed by atoms with van der Waals surface area (Å²) in [6.07, 6.45) is 0. The van der Waals surface area contributed by atoms with Gasteiger partial charge in [0.1, 0.15) is 4.87 Å². The molecule has 9 nitrogen and oxygen atoms in total. The third kappa shape index (κ3) is 3.28. The van der Waals surface area contributed by atoms with Gasteiger partial charge in [0, 0.05) is 22.2 Å². The average Bonchev–Trinajstić information content (AvgIpc) is 3.40. The van der Waals surface area contributed by atoms with Gasteiger partial charge >= 0.3 is 0 Å². The van der Waals surface area contributed by atoms with E-state index in [2.05, 4.69) is 21.2 Å². The summed E-state index contributed by atoms with van der Waals surface area (Å²) in [6, 6.07) is 11.3. The van der Waals surface area contributed by atoms with Crippen LogP contribution in [0.15, 0.2) is 46.9 Å². The van der Waals surface area contributed by atoms with Gasteiger partial charge in [-0.05, 0) is 42.9 Å². The van der Waals surface area contributed by atoms with Crippen molar-refractivity contribution in [3.05, 3.63) is 68.2 Å². The predicted octanol–water partition coefficient (Wildman–Crippen LogP) is 3.93. The molecule has 2 aromatic rings. The van der Waals surface area contributed by atoms with Gasteiger partial charge in [0.25, 0.3) is 5.69 Å². The van der Waals surface area contributed by atoms with E-state index in [1.54, 1.807) is 0 Å². The molecule has 0 saturated carbocycles. The van der Waals surface area contributed by atoms with Crippen LogP contribution in [0.2, 0.25) is 0 Å². The summed E-state index contributed by atoms with van der Waals surface area (Å²) < 4.78 is 0.876. The molecule has 2 fully saturated rings. The fourth-order valence-electron chi connectivity index (χ4n) is 4.27. The molecule has 2 atom stereocenters. The van der Waals surface area contributed by atoms with Crippen LogP contribution in [0, 0.1) is 10.1 Å². The molecule has 1 N–H and O–H groups in total. The number of nitro groups is 1. The lowest BCUT2D eigenvalue weighted by Crippen LogP contribution is -2.61. The van der Waals surface area contributed by atoms with Gasteiger partial charge in [-0.1, -0.05) is 39.8 Å². The molecule has 13 heteroatoms. The highest BCUT2D eigenvalue weighted by Crippen LogP contribution is 2.50. The van der Waals surface area contributed by atoms with Crippen LogP contribution in [0.4, 0.5) is 11.4 Å². The van der Waals surface area contributed by atoms with Crippen molar-refractivity contribution >= 4 is 85.8 Å². The highest BCUT2D eigenvalue weighted by atomic mass is 79.9. The number of nitrogens with zero attached hydrogens (tertiary/aromatic N) is 3. The van der Waals surface area contributed by atoms with Crippen LogP contribution < -0.4 is 5.32 Å². The Morgan fingerprint density at radius 3 is 2.41 bits per heavy atom. The van der Waals surface area contributed by atoms with E-state index in [-0.39, 0.29) is 39.5 Å². The Morgan fingerprint density at radius 1 is 1.09 bits per heavy atom. The van der Waals surface area contributed by atoms with E-state index in [1.807, 2.05) is 31.2 Å². The van der Waals surface area contributed by atoms with Crippen LogP contribution in [-0.2, 0) is 14.5 Å². The first-order valence-corrected chi connectivity index (χ1v) is 13.1. The average molecular weight is 579 g/mol. The van der Waals surface area contributed by atoms with E-state index in [4.69, 9.17) is 12.2 Å². The molecule has 0 aliphatic carbocycles. The molecule has 34 heavy (non-hydrogen) atoms. The number of nitro benzene ring substituents is 1. The number of rotatable bonds is 2. The van der Waals surface area contributed by atoms with Crippen molar-refractivity contribution in [3.8, 4) is 0 Å². The normalized spacial score (nSPS) is 25.8. The number of thiocarbonyl (C=S) groups is 1. The van der Waals surface area contributed by atoms with E-state index in [0.717, 1.165) is 26.7 Å². The van der Waals surface area contributed by atoms with Crippen molar-refractivity contribution in [1.29, 1.82) is 0 Å². The van der Waals surface area contributed by atoms with Gasteiger partial charge in [-0.3, -0.25) is 29.4 Å². The fourth-order valence-corrected chi connectivity index (χ4v) is 7.53. The van der Waals surface area contributed by atoms with E-state index in [1.165, 1.54) is 34.9 Å². The second-order valence-electron chi connectivity index (χ2n) is 7.89. The molecule has 3 heterocycles. The minimum atomic E-state index is -1.61. The van der Waals surface area contributed by atoms with E-state index >= 15 is 0 Å². The number of halogens is 1. The van der Waals surface area contributed by atoms with Crippen LogP contribution in [-0.4, -0.2) is 53.9 Å². The van der Waals surface area contributed by atoms with E-state index in [9.17, 15) is 24.5 Å². The second-order valence-corrected chi connectivity index (χ2v) is 11.7. The number of fused-ring (bicyclic) bond motifs is 1. The number of anilines is 1. The number of hydrogen-bond acceptors (Lipinski definition) is 9. The lowest BCUT2D eigenvalue weighted by atomic mass is 10.1. The molecule has 0 radical (unpaired) electrons. The number of carbonyl (C=O) groups excluding carboxylic acids is 3. The number of thioether (sulfide) groups is 2. The number of nitrogens with one attached hydrogen (secondary N) is 1. The largest absolute Gasteiger partial charge is 0.346 e. The third-order valence-electron chi connectivity index (χ3n) is 5.95. The van der Waals surface area contributed by atoms with Crippen molar-refractivity contribution < 1.29 is 19.3 Å². The molecule has 174 valence electrons. The first-order valence-electron chi connectivity index (χ1n) is 9.94. The van der Waals surface area contributed by atoms with Crippen LogP contribution >= 0.6 is 51.7 Å². The molecule has 5 rings (SSSR count). The lowest BCUT2D eigenvalue weighted by molar-refractivity contribution is -0.384. The number of non-ortho nitro benzene ring substituents is 1. The van der Waals surface area contributed by atoms with Crippen molar-refractivity contribution in [2.45, 2.75) is 16.8 Å². The molecule has 0 aromatic heterocycles. The number of ketones is 1. The molecule has 1 spiro atoms. The smallest absolute Gasteiger partial charge is 0.271 e. The van der Waals surface area contributed by atoms with Gasteiger partial charge in [-0.2, -0.15) is 0 Å². The van der Waals surface area contributed by atoms with Gasteiger partial charge in [0.2, 0.25) is 22.6 Å². The summed E-state index contributed by atoms with van der Waals surface area (Å²) in [7, 11) is 0. The molecule has 2 amide bonds. The monoisotopic (exact) mass is 578 g/mol. The summed E-state index contributed by atoms with van der Waals surface area (Å²) in [6.45, 7) is 1.85. The zero-order valence-electron chi connectivity index (χ0n) is 17.4. The summed E-state index contributed by atoms with van der Waals surface area (Å²) in [4.78, 5) is 50.3. The van der Waals surface area contributed by atoms with Crippen molar-refractivity contribution in [2.24, 2.45) is 0 Å². The Bertz CT molecular complexity index is 1310. The topological polar surface area (TPSA) is 113 Å². The number of hydrogen-bond donors (Lipinski definition) is 1. The molecular weight excluding hydrogens is 564 g/mol. The summed E-state index contributed by atoms with van der Waals surface area (Å²) in [5, 5.41) is 14.1. The van der Waals surface area contributed by atoms with Gasteiger partial charge in [0.15, 0.2) is 5.11 Å². The number of carbonyl (C=O) groups is 3. The summed E-state index contributed by atoms with van der Waals surface area (Å²) in [5.74, 6) is -1.04. The highest BCUT2D eigenvalue weighted by Gasteiger charge is 2.61. The summed E-state index contributed by atoms with van der Waals surface area (Å²) >= 11 is 11.5. The molecule has 0 bridgehead atoms. The van der Waals surface area contributed by atoms with Gasteiger partial charge in [-0.25, -0.2) is 4.90 Å². The Labute approximate surface area is 215 Å². The van der Waals surface area contributed by atoms with Gasteiger partial charge in [0.05, 0.1) is 22.1 Å². The van der Waals surface area contributed by atoms with Crippen molar-refractivity contribution in [3.63, 3.8) is 0 Å². The minimum Gasteiger partial charge on any atom is -0.346 e. The lowest BCUT2D eigenvalue weighted by Gasteiger charge is -2.41. The zero-order chi connectivity index (χ0) is 24.4. The van der Waals surface area contributed by atoms with E-state index < -0.39 is 26.5 Å². The Hall–Kier alpha value is -2.48. The summed E-state index contributed by atoms with van der Waals surface area (Å²) in [5.41, 5.74) is 1.09. The standard InChI is InChI=1S/C21H15BrN4O5S3/c1-20(11-2-4-12(22)5-3-11)24(16(27)9-33-20)19(32)25-17(28)10-34-21(25)18(29)14-7-6-13(26(30)31)8-15(14)23-21/h2-8,23H,9-10H2,1H3. The van der Waals surface area contributed by atoms with Crippen LogP contribution in [0.25, 0.3) is 0 Å². The minimum absolute atomic E-state index is 0.0425. The van der Waals surface area contributed by atoms with Crippen LogP contribution in [0.3, 0.4) is 0 Å². The van der Waals surface area contributed by atoms with Crippen molar-refractivity contribution in [1.82, 2.24) is 9.80 Å². The zero-order valence-corrected chi connectivity index (χ0v) is 21.5. The molecule has 3 aliphatic rings. The van der Waals surface area contributed by atoms with E-state index in [0.29, 0.717) is 0 Å². The molecule has 3 aliphatic heterocycles. The Balaban J connectivity index is 1.55. The second kappa shape index (κ2) is 8.04. The maximum Gasteiger partial charge on any atom is 0.271 e. The van der Waals surface area contributed by atoms with Gasteiger partial charge < -0.3 is 5.32 Å². The van der Waals surface area contributed by atoms with Crippen LogP contribution in [0.5, 0.6) is 0 Å². The SMILES string of the molecule is CC1(c2ccc(Br)cc2)SCC(=O)N1C(=S)N1C(=O)CSC12Nc1cc([N+](=O)[O-])ccc1C2=O. The third-order valence-corrected chi connectivity index (χ3v) is 9.50. The maximum atomic E-state index is 13.5. The highest BCUT2D eigenvalue weighted by molar-refractivity contribution is 9.10. The molecule has 2 saturated heterocycles. The fraction of sp³-hybridized carbons (Fsp3) is 0.238. The van der Waals surface area contributed by atoms with Crippen molar-refractivity contribution in [2.75, 3.05) is 16.8 Å². The molecule has 2 unspecified atom stereocenters. The molecule has 2 aromatic carbocycles.